The molecule has 0 saturated carbocycles. The Bertz CT molecular complexity index is 802. The van der Waals surface area contributed by atoms with E-state index in [9.17, 15) is 4.79 Å². The van der Waals surface area contributed by atoms with Gasteiger partial charge in [0.25, 0.3) is 0 Å². The van der Waals surface area contributed by atoms with Crippen molar-refractivity contribution in [2.24, 2.45) is 0 Å². The lowest BCUT2D eigenvalue weighted by Gasteiger charge is -2.27. The van der Waals surface area contributed by atoms with Crippen molar-refractivity contribution in [3.63, 3.8) is 0 Å². The molecule has 0 amide bonds. The van der Waals surface area contributed by atoms with Crippen molar-refractivity contribution in [1.82, 2.24) is 0 Å². The molecule has 0 aromatic carbocycles. The van der Waals surface area contributed by atoms with Crippen molar-refractivity contribution in [2.75, 3.05) is 19.8 Å². The maximum Gasteiger partial charge on any atom is 0.506 e. The van der Waals surface area contributed by atoms with Crippen LogP contribution in [0.2, 0.25) is 0 Å². The molecule has 0 aromatic rings. The van der Waals surface area contributed by atoms with Crippen LogP contribution in [0.15, 0.2) is 36.5 Å². The number of rotatable bonds is 36. The summed E-state index contributed by atoms with van der Waals surface area (Å²) in [4.78, 5) is 11.2. The molecule has 1 heterocycles. The van der Waals surface area contributed by atoms with Crippen LogP contribution < -0.4 is 0 Å². The average Bonchev–Trinajstić information content (AvgIpc) is 3.11. The smallest absolute Gasteiger partial charge is 0.450 e. The number of hydrogen-bond acceptors (Lipinski definition) is 5. The number of carboxylic acid groups (broad SMARTS) is 1. The molecule has 1 N–H and O–H groups in total. The van der Waals surface area contributed by atoms with Gasteiger partial charge < -0.3 is 24.1 Å². The molecule has 3 atom stereocenters. The van der Waals surface area contributed by atoms with Crippen molar-refractivity contribution in [3.8, 4) is 0 Å². The first kappa shape index (κ1) is 46.4. The maximum atomic E-state index is 11.2. The molecule has 1 fully saturated rings. The van der Waals surface area contributed by atoms with E-state index in [2.05, 4.69) is 50.3 Å². The van der Waals surface area contributed by atoms with Crippen molar-refractivity contribution < 1.29 is 28.8 Å². The summed E-state index contributed by atoms with van der Waals surface area (Å²) in [5.41, 5.74) is 0. The Morgan fingerprint density at radius 1 is 0.660 bits per heavy atom. The molecule has 0 aliphatic carbocycles. The summed E-state index contributed by atoms with van der Waals surface area (Å²) < 4.78 is 23.1. The molecule has 0 aromatic heterocycles. The van der Waals surface area contributed by atoms with Gasteiger partial charge >= 0.3 is 6.16 Å². The fourth-order valence-corrected chi connectivity index (χ4v) is 6.51. The zero-order valence-corrected chi connectivity index (χ0v) is 32.8. The van der Waals surface area contributed by atoms with Crippen molar-refractivity contribution in [1.29, 1.82) is 0 Å². The zero-order valence-electron chi connectivity index (χ0n) is 32.8. The number of hydrogen-bond donors (Lipinski definition) is 1. The monoisotopic (exact) mass is 705 g/mol. The highest BCUT2D eigenvalue weighted by molar-refractivity contribution is 5.57. The largest absolute Gasteiger partial charge is 0.506 e. The number of carbonyl (C=O) groups is 1. The summed E-state index contributed by atoms with van der Waals surface area (Å²) >= 11 is 0. The normalized spacial score (nSPS) is 16.6. The lowest BCUT2D eigenvalue weighted by Crippen LogP contribution is -2.27. The van der Waals surface area contributed by atoms with E-state index in [0.717, 1.165) is 77.2 Å². The van der Waals surface area contributed by atoms with Gasteiger partial charge in [0, 0.05) is 13.2 Å². The van der Waals surface area contributed by atoms with Crippen LogP contribution in [0.3, 0.4) is 0 Å². The molecule has 0 radical (unpaired) electrons. The van der Waals surface area contributed by atoms with E-state index >= 15 is 0 Å². The Morgan fingerprint density at radius 2 is 1.20 bits per heavy atom. The third-order valence-electron chi connectivity index (χ3n) is 9.63. The van der Waals surface area contributed by atoms with Gasteiger partial charge in [0.2, 0.25) is 0 Å². The van der Waals surface area contributed by atoms with E-state index in [1.165, 1.54) is 116 Å². The first-order valence-electron chi connectivity index (χ1n) is 21.3. The van der Waals surface area contributed by atoms with E-state index in [1.807, 2.05) is 0 Å². The van der Waals surface area contributed by atoms with Crippen LogP contribution in [0, 0.1) is 0 Å². The predicted octanol–water partition coefficient (Wildman–Crippen LogP) is 13.8. The number of allylic oxidation sites excluding steroid dienone is 5. The summed E-state index contributed by atoms with van der Waals surface area (Å²) in [5, 5.41) is 9.14. The zero-order chi connectivity index (χ0) is 36.0. The molecule has 50 heavy (non-hydrogen) atoms. The summed E-state index contributed by atoms with van der Waals surface area (Å²) in [6.45, 7) is 6.41. The van der Waals surface area contributed by atoms with Gasteiger partial charge in [0.1, 0.15) is 6.10 Å². The minimum atomic E-state index is -1.20. The summed E-state index contributed by atoms with van der Waals surface area (Å²) in [6.07, 6.45) is 46.8. The minimum Gasteiger partial charge on any atom is -0.450 e. The number of unbranched alkanes of at least 4 members (excludes halogenated alkanes) is 18. The first-order chi connectivity index (χ1) is 24.7. The van der Waals surface area contributed by atoms with E-state index < -0.39 is 6.16 Å². The molecular formula is C44H80O6. The average molecular weight is 705 g/mol. The molecular weight excluding hydrogens is 624 g/mol. The highest BCUT2D eigenvalue weighted by Crippen LogP contribution is 2.21. The van der Waals surface area contributed by atoms with Gasteiger partial charge in [-0.2, -0.15) is 0 Å². The van der Waals surface area contributed by atoms with Crippen LogP contribution in [0.25, 0.3) is 0 Å². The highest BCUT2D eigenvalue weighted by atomic mass is 16.7. The molecule has 1 aliphatic rings. The van der Waals surface area contributed by atoms with Crippen molar-refractivity contribution in [3.05, 3.63) is 36.5 Å². The Labute approximate surface area is 309 Å². The summed E-state index contributed by atoms with van der Waals surface area (Å²) in [5.74, 6) is 0. The Kier molecular flexibility index (Phi) is 34.5. The van der Waals surface area contributed by atoms with Crippen LogP contribution in [0.4, 0.5) is 4.79 Å². The van der Waals surface area contributed by atoms with Gasteiger partial charge in [-0.05, 0) is 96.3 Å². The Morgan fingerprint density at radius 3 is 1.82 bits per heavy atom. The van der Waals surface area contributed by atoms with Crippen LogP contribution in [0.1, 0.15) is 200 Å². The standard InChI is InChI=1S/C44H80O6/c1-3-5-7-9-10-11-12-13-14-15-16-17-19-23-26-30-36-42(50-44(45)46)40-47-38-32-27-24-21-18-20-22-25-29-35-41(34-28-8-6-4-2)49-43-37-31-33-39-48-43/h10-11,13-14,25,29,41-43H,3-9,12,15-24,26-28,30-40H2,1-2H3,(H,45,46)/b11-10?,14-13?,29-25-/t41-,42?,43?/m1/s1. The third-order valence-corrected chi connectivity index (χ3v) is 9.63. The van der Waals surface area contributed by atoms with E-state index in [0.29, 0.717) is 13.2 Å². The molecule has 6 heteroatoms. The molecule has 1 saturated heterocycles. The van der Waals surface area contributed by atoms with Gasteiger partial charge in [-0.3, -0.25) is 0 Å². The van der Waals surface area contributed by atoms with Gasteiger partial charge in [-0.15, -0.1) is 0 Å². The molecule has 1 rings (SSSR count). The molecule has 1 aliphatic heterocycles. The number of ether oxygens (including phenoxy) is 4. The SMILES string of the molecule is CCCCCC=CCC=CCCCCCCCCC(COCCCCCCCC/C=C\C[C@@H](CCCCCC)OC1CCCCO1)OC(=O)O. The molecule has 2 unspecified atom stereocenters. The second-order valence-electron chi connectivity index (χ2n) is 14.5. The van der Waals surface area contributed by atoms with Crippen LogP contribution in [0.5, 0.6) is 0 Å². The van der Waals surface area contributed by atoms with Crippen LogP contribution >= 0.6 is 0 Å². The maximum absolute atomic E-state index is 11.2. The van der Waals surface area contributed by atoms with Crippen LogP contribution in [-0.4, -0.2) is 49.6 Å². The fourth-order valence-electron chi connectivity index (χ4n) is 6.51. The lowest BCUT2D eigenvalue weighted by atomic mass is 10.1. The fraction of sp³-hybridized carbons (Fsp3) is 0.841. The van der Waals surface area contributed by atoms with Crippen molar-refractivity contribution >= 4 is 6.16 Å². The quantitative estimate of drug-likeness (QED) is 0.0397. The molecule has 0 spiro atoms. The summed E-state index contributed by atoms with van der Waals surface area (Å²) in [7, 11) is 0. The van der Waals surface area contributed by atoms with E-state index in [-0.39, 0.29) is 18.5 Å². The minimum absolute atomic E-state index is 0.00369. The molecule has 6 nitrogen and oxygen atoms in total. The van der Waals surface area contributed by atoms with Gasteiger partial charge in [-0.1, -0.05) is 140 Å². The first-order valence-corrected chi connectivity index (χ1v) is 21.3. The second kappa shape index (κ2) is 37.1. The Hall–Kier alpha value is -1.63. The third kappa shape index (κ3) is 32.3. The predicted molar refractivity (Wildman–Crippen MR) is 211 cm³/mol. The molecule has 292 valence electrons. The van der Waals surface area contributed by atoms with E-state index in [4.69, 9.17) is 24.1 Å². The van der Waals surface area contributed by atoms with Crippen molar-refractivity contribution in [2.45, 2.75) is 219 Å². The summed E-state index contributed by atoms with van der Waals surface area (Å²) in [6, 6.07) is 0. The van der Waals surface area contributed by atoms with Gasteiger partial charge in [-0.25, -0.2) is 4.79 Å². The topological polar surface area (TPSA) is 74.2 Å². The van der Waals surface area contributed by atoms with E-state index in [1.54, 1.807) is 0 Å². The van der Waals surface area contributed by atoms with Crippen LogP contribution in [-0.2, 0) is 18.9 Å². The van der Waals surface area contributed by atoms with Gasteiger partial charge in [0.15, 0.2) is 6.29 Å². The highest BCUT2D eigenvalue weighted by Gasteiger charge is 2.19. The lowest BCUT2D eigenvalue weighted by molar-refractivity contribution is -0.188. The molecule has 0 bridgehead atoms. The second-order valence-corrected chi connectivity index (χ2v) is 14.5. The van der Waals surface area contributed by atoms with Gasteiger partial charge in [0.05, 0.1) is 12.7 Å². The Balaban J connectivity index is 2.00.